The first kappa shape index (κ1) is 14.3. The molecule has 4 heteroatoms. The SMILES string of the molecule is CCn1cc(C)c(NCCC(C)C)n1.Cl. The number of nitrogens with zero attached hydrogens (tertiary/aromatic N) is 2. The van der Waals surface area contributed by atoms with Crippen LogP contribution in [-0.4, -0.2) is 16.3 Å². The number of rotatable bonds is 5. The number of halogens is 1. The van der Waals surface area contributed by atoms with Crippen molar-refractivity contribution < 1.29 is 0 Å². The van der Waals surface area contributed by atoms with E-state index in [9.17, 15) is 0 Å². The Morgan fingerprint density at radius 1 is 1.47 bits per heavy atom. The largest absolute Gasteiger partial charge is 0.368 e. The van der Waals surface area contributed by atoms with Crippen molar-refractivity contribution in [1.29, 1.82) is 0 Å². The van der Waals surface area contributed by atoms with Gasteiger partial charge in [0.1, 0.15) is 0 Å². The topological polar surface area (TPSA) is 29.9 Å². The number of aryl methyl sites for hydroxylation is 2. The Kier molecular flexibility index (Phi) is 6.41. The van der Waals surface area contributed by atoms with Crippen molar-refractivity contribution in [3.63, 3.8) is 0 Å². The summed E-state index contributed by atoms with van der Waals surface area (Å²) in [5.41, 5.74) is 1.23. The van der Waals surface area contributed by atoms with Crippen molar-refractivity contribution in [2.24, 2.45) is 5.92 Å². The molecule has 0 bridgehead atoms. The first-order valence-electron chi connectivity index (χ1n) is 5.41. The van der Waals surface area contributed by atoms with E-state index < -0.39 is 0 Å². The lowest BCUT2D eigenvalue weighted by molar-refractivity contribution is 0.604. The zero-order valence-corrected chi connectivity index (χ0v) is 10.9. The van der Waals surface area contributed by atoms with Crippen LogP contribution in [0.1, 0.15) is 32.8 Å². The average Bonchev–Trinajstić information content (AvgIpc) is 2.47. The lowest BCUT2D eigenvalue weighted by Crippen LogP contribution is -2.06. The van der Waals surface area contributed by atoms with Gasteiger partial charge in [0.2, 0.25) is 0 Å². The van der Waals surface area contributed by atoms with Crippen molar-refractivity contribution in [3.8, 4) is 0 Å². The summed E-state index contributed by atoms with van der Waals surface area (Å²) in [7, 11) is 0. The second-order valence-electron chi connectivity index (χ2n) is 4.13. The number of nitrogens with one attached hydrogen (secondary N) is 1. The number of hydrogen-bond donors (Lipinski definition) is 1. The smallest absolute Gasteiger partial charge is 0.150 e. The van der Waals surface area contributed by atoms with Crippen molar-refractivity contribution in [2.75, 3.05) is 11.9 Å². The van der Waals surface area contributed by atoms with Gasteiger partial charge in [-0.05, 0) is 26.2 Å². The number of aromatic nitrogens is 2. The van der Waals surface area contributed by atoms with Gasteiger partial charge in [-0.1, -0.05) is 13.8 Å². The van der Waals surface area contributed by atoms with E-state index in [0.29, 0.717) is 0 Å². The molecule has 1 aromatic rings. The predicted octanol–water partition coefficient (Wildman–Crippen LogP) is 3.09. The van der Waals surface area contributed by atoms with Crippen molar-refractivity contribution >= 4 is 18.2 Å². The highest BCUT2D eigenvalue weighted by molar-refractivity contribution is 5.85. The van der Waals surface area contributed by atoms with Gasteiger partial charge in [0.15, 0.2) is 5.82 Å². The average molecular weight is 232 g/mol. The molecule has 0 saturated carbocycles. The summed E-state index contributed by atoms with van der Waals surface area (Å²) in [5.74, 6) is 1.78. The Balaban J connectivity index is 0.00000196. The molecular formula is C11H22ClN3. The Morgan fingerprint density at radius 3 is 2.60 bits per heavy atom. The van der Waals surface area contributed by atoms with Crippen LogP contribution in [0, 0.1) is 12.8 Å². The van der Waals surface area contributed by atoms with Crippen LogP contribution in [0.5, 0.6) is 0 Å². The molecule has 1 aromatic heterocycles. The second kappa shape index (κ2) is 6.72. The summed E-state index contributed by atoms with van der Waals surface area (Å²) in [5, 5.41) is 7.80. The summed E-state index contributed by atoms with van der Waals surface area (Å²) in [6, 6.07) is 0. The normalized spacial score (nSPS) is 10.2. The van der Waals surface area contributed by atoms with E-state index in [-0.39, 0.29) is 12.4 Å². The Bertz CT molecular complexity index is 281. The number of anilines is 1. The Hall–Kier alpha value is -0.700. The fourth-order valence-electron chi connectivity index (χ4n) is 1.34. The molecule has 0 unspecified atom stereocenters. The van der Waals surface area contributed by atoms with Crippen molar-refractivity contribution in [2.45, 2.75) is 40.7 Å². The minimum Gasteiger partial charge on any atom is -0.368 e. The van der Waals surface area contributed by atoms with Gasteiger partial charge in [0, 0.05) is 24.8 Å². The summed E-state index contributed by atoms with van der Waals surface area (Å²) < 4.78 is 1.97. The molecule has 88 valence electrons. The summed E-state index contributed by atoms with van der Waals surface area (Å²) in [6.45, 7) is 10.6. The highest BCUT2D eigenvalue weighted by Gasteiger charge is 2.03. The minimum absolute atomic E-state index is 0. The third-order valence-corrected chi connectivity index (χ3v) is 2.28. The van der Waals surface area contributed by atoms with Crippen LogP contribution in [0.25, 0.3) is 0 Å². The van der Waals surface area contributed by atoms with Gasteiger partial charge in [0.25, 0.3) is 0 Å². The molecule has 0 aliphatic rings. The Labute approximate surface area is 98.7 Å². The van der Waals surface area contributed by atoms with Crippen LogP contribution in [0.4, 0.5) is 5.82 Å². The van der Waals surface area contributed by atoms with Crippen LogP contribution in [-0.2, 0) is 6.54 Å². The molecule has 15 heavy (non-hydrogen) atoms. The van der Waals surface area contributed by atoms with Gasteiger partial charge in [-0.25, -0.2) is 0 Å². The van der Waals surface area contributed by atoms with E-state index in [1.807, 2.05) is 4.68 Å². The van der Waals surface area contributed by atoms with Crippen molar-refractivity contribution in [1.82, 2.24) is 9.78 Å². The fraction of sp³-hybridized carbons (Fsp3) is 0.727. The van der Waals surface area contributed by atoms with E-state index in [2.05, 4.69) is 44.3 Å². The standard InChI is InChI=1S/C11H21N3.ClH/c1-5-14-8-10(4)11(13-14)12-7-6-9(2)3;/h8-9H,5-7H2,1-4H3,(H,12,13);1H. The molecule has 0 radical (unpaired) electrons. The zero-order chi connectivity index (χ0) is 10.6. The van der Waals surface area contributed by atoms with Gasteiger partial charge in [-0.15, -0.1) is 12.4 Å². The predicted molar refractivity (Wildman–Crippen MR) is 67.8 cm³/mol. The van der Waals surface area contributed by atoms with E-state index in [4.69, 9.17) is 0 Å². The van der Waals surface area contributed by atoms with Crippen LogP contribution in [0.3, 0.4) is 0 Å². The van der Waals surface area contributed by atoms with Gasteiger partial charge >= 0.3 is 0 Å². The van der Waals surface area contributed by atoms with E-state index in [1.54, 1.807) is 0 Å². The quantitative estimate of drug-likeness (QED) is 0.844. The number of hydrogen-bond acceptors (Lipinski definition) is 2. The summed E-state index contributed by atoms with van der Waals surface area (Å²) >= 11 is 0. The molecule has 1 rings (SSSR count). The highest BCUT2D eigenvalue weighted by Crippen LogP contribution is 2.11. The van der Waals surface area contributed by atoms with Gasteiger partial charge < -0.3 is 5.32 Å². The molecule has 0 amide bonds. The lowest BCUT2D eigenvalue weighted by atomic mass is 10.1. The third kappa shape index (κ3) is 4.56. The molecule has 0 spiro atoms. The molecule has 1 N–H and O–H groups in total. The molecule has 0 aromatic carbocycles. The maximum Gasteiger partial charge on any atom is 0.150 e. The maximum absolute atomic E-state index is 4.43. The van der Waals surface area contributed by atoms with Crippen LogP contribution < -0.4 is 5.32 Å². The van der Waals surface area contributed by atoms with E-state index in [1.165, 1.54) is 12.0 Å². The summed E-state index contributed by atoms with van der Waals surface area (Å²) in [4.78, 5) is 0. The second-order valence-corrected chi connectivity index (χ2v) is 4.13. The van der Waals surface area contributed by atoms with Gasteiger partial charge in [-0.3, -0.25) is 4.68 Å². The molecule has 0 fully saturated rings. The Morgan fingerprint density at radius 2 is 2.13 bits per heavy atom. The molecule has 0 aliphatic heterocycles. The van der Waals surface area contributed by atoms with Crippen LogP contribution in [0.2, 0.25) is 0 Å². The fourth-order valence-corrected chi connectivity index (χ4v) is 1.34. The first-order chi connectivity index (χ1) is 6.63. The summed E-state index contributed by atoms with van der Waals surface area (Å²) in [6.07, 6.45) is 3.27. The molecule has 1 heterocycles. The van der Waals surface area contributed by atoms with Crippen molar-refractivity contribution in [3.05, 3.63) is 11.8 Å². The van der Waals surface area contributed by atoms with E-state index >= 15 is 0 Å². The zero-order valence-electron chi connectivity index (χ0n) is 10.1. The van der Waals surface area contributed by atoms with Crippen LogP contribution in [0.15, 0.2) is 6.20 Å². The van der Waals surface area contributed by atoms with Gasteiger partial charge in [0.05, 0.1) is 0 Å². The maximum atomic E-state index is 4.43. The first-order valence-corrected chi connectivity index (χ1v) is 5.41. The highest BCUT2D eigenvalue weighted by atomic mass is 35.5. The molecule has 0 atom stereocenters. The van der Waals surface area contributed by atoms with Crippen LogP contribution >= 0.6 is 12.4 Å². The molecular weight excluding hydrogens is 210 g/mol. The minimum atomic E-state index is 0. The van der Waals surface area contributed by atoms with E-state index in [0.717, 1.165) is 24.8 Å². The molecule has 0 aliphatic carbocycles. The monoisotopic (exact) mass is 231 g/mol. The van der Waals surface area contributed by atoms with Gasteiger partial charge in [-0.2, -0.15) is 5.10 Å². The molecule has 0 saturated heterocycles. The lowest BCUT2D eigenvalue weighted by Gasteiger charge is -2.06. The third-order valence-electron chi connectivity index (χ3n) is 2.28. The molecule has 3 nitrogen and oxygen atoms in total.